The molecule has 0 unspecified atom stereocenters. The summed E-state index contributed by atoms with van der Waals surface area (Å²) in [7, 11) is 1.28. The van der Waals surface area contributed by atoms with Crippen molar-refractivity contribution in [2.45, 2.75) is 38.7 Å². The Kier molecular flexibility index (Phi) is 6.52. The van der Waals surface area contributed by atoms with Gasteiger partial charge < -0.3 is 14.8 Å². The second-order valence-corrected chi connectivity index (χ2v) is 5.83. The van der Waals surface area contributed by atoms with Crippen LogP contribution in [0.2, 0.25) is 0 Å². The minimum Gasteiger partial charge on any atom is -0.464 e. The van der Waals surface area contributed by atoms with Crippen LogP contribution in [0, 0.1) is 5.92 Å². The molecular formula is C17H24N2O4. The number of nitrogens with one attached hydrogen (secondary N) is 1. The summed E-state index contributed by atoms with van der Waals surface area (Å²) >= 11 is 0. The standard InChI is InChI=1S/C17H24N2O4/c1-12-6-3-4-9-15(12)23-11-10-18-16(20)13-7-5-8-14(19-13)17(21)22-2/h5,7-8,12,15H,3-4,6,9-11H2,1-2H3,(H,18,20)/t12-,15+/m1/s1. The number of aromatic nitrogens is 1. The van der Waals surface area contributed by atoms with Crippen LogP contribution < -0.4 is 5.32 Å². The molecule has 0 radical (unpaired) electrons. The number of rotatable bonds is 6. The monoisotopic (exact) mass is 320 g/mol. The number of hydrogen-bond donors (Lipinski definition) is 1. The number of nitrogens with zero attached hydrogens (tertiary/aromatic N) is 1. The highest BCUT2D eigenvalue weighted by molar-refractivity contribution is 5.94. The molecule has 1 fully saturated rings. The Balaban J connectivity index is 1.77. The molecule has 1 aliphatic carbocycles. The first-order valence-corrected chi connectivity index (χ1v) is 8.07. The number of carbonyl (C=O) groups is 2. The zero-order chi connectivity index (χ0) is 16.7. The molecule has 1 aromatic rings. The average molecular weight is 320 g/mol. The molecule has 2 rings (SSSR count). The van der Waals surface area contributed by atoms with Crippen LogP contribution in [0.1, 0.15) is 53.6 Å². The molecule has 2 atom stereocenters. The van der Waals surface area contributed by atoms with Gasteiger partial charge in [0.1, 0.15) is 11.4 Å². The fourth-order valence-electron chi connectivity index (χ4n) is 2.77. The van der Waals surface area contributed by atoms with E-state index in [1.54, 1.807) is 12.1 Å². The van der Waals surface area contributed by atoms with E-state index in [0.717, 1.165) is 6.42 Å². The van der Waals surface area contributed by atoms with Crippen molar-refractivity contribution in [1.29, 1.82) is 0 Å². The molecule has 1 amide bonds. The first kappa shape index (κ1) is 17.4. The maximum absolute atomic E-state index is 12.0. The van der Waals surface area contributed by atoms with Crippen molar-refractivity contribution in [3.05, 3.63) is 29.6 Å². The normalized spacial score (nSPS) is 20.8. The van der Waals surface area contributed by atoms with Crippen LogP contribution in [-0.2, 0) is 9.47 Å². The van der Waals surface area contributed by atoms with Crippen LogP contribution in [-0.4, -0.2) is 43.2 Å². The van der Waals surface area contributed by atoms with Crippen LogP contribution in [0.25, 0.3) is 0 Å². The summed E-state index contributed by atoms with van der Waals surface area (Å²) in [6, 6.07) is 4.68. The minimum atomic E-state index is -0.561. The number of amides is 1. The minimum absolute atomic E-state index is 0.118. The molecule has 1 aromatic heterocycles. The van der Waals surface area contributed by atoms with E-state index in [1.165, 1.54) is 32.4 Å². The van der Waals surface area contributed by atoms with Crippen molar-refractivity contribution in [1.82, 2.24) is 10.3 Å². The van der Waals surface area contributed by atoms with Gasteiger partial charge in [0.05, 0.1) is 19.8 Å². The van der Waals surface area contributed by atoms with Gasteiger partial charge in [0.2, 0.25) is 0 Å². The third-order valence-corrected chi connectivity index (χ3v) is 4.13. The Morgan fingerprint density at radius 1 is 1.26 bits per heavy atom. The van der Waals surface area contributed by atoms with Gasteiger partial charge in [0.25, 0.3) is 5.91 Å². The Morgan fingerprint density at radius 2 is 2.00 bits per heavy atom. The van der Waals surface area contributed by atoms with Gasteiger partial charge in [-0.1, -0.05) is 25.8 Å². The highest BCUT2D eigenvalue weighted by Crippen LogP contribution is 2.25. The summed E-state index contributed by atoms with van der Waals surface area (Å²) in [6.45, 7) is 3.12. The van der Waals surface area contributed by atoms with E-state index in [1.807, 2.05) is 0 Å². The third kappa shape index (κ3) is 5.03. The second kappa shape index (κ2) is 8.62. The summed E-state index contributed by atoms with van der Waals surface area (Å²) in [5.41, 5.74) is 0.311. The molecule has 0 aliphatic heterocycles. The van der Waals surface area contributed by atoms with Crippen molar-refractivity contribution in [3.8, 4) is 0 Å². The van der Waals surface area contributed by atoms with Crippen molar-refractivity contribution in [2.24, 2.45) is 5.92 Å². The predicted molar refractivity (Wildman–Crippen MR) is 85.3 cm³/mol. The molecule has 1 N–H and O–H groups in total. The van der Waals surface area contributed by atoms with E-state index >= 15 is 0 Å². The largest absolute Gasteiger partial charge is 0.464 e. The summed E-state index contributed by atoms with van der Waals surface area (Å²) < 4.78 is 10.4. The van der Waals surface area contributed by atoms with Gasteiger partial charge >= 0.3 is 5.97 Å². The molecule has 0 spiro atoms. The average Bonchev–Trinajstić information content (AvgIpc) is 2.59. The van der Waals surface area contributed by atoms with E-state index in [-0.39, 0.29) is 17.3 Å². The molecule has 126 valence electrons. The Morgan fingerprint density at radius 3 is 2.74 bits per heavy atom. The maximum atomic E-state index is 12.0. The molecule has 1 heterocycles. The molecule has 1 aliphatic rings. The fraction of sp³-hybridized carbons (Fsp3) is 0.588. The Hall–Kier alpha value is -1.95. The summed E-state index contributed by atoms with van der Waals surface area (Å²) in [6.07, 6.45) is 5.09. The van der Waals surface area contributed by atoms with Gasteiger partial charge in [-0.3, -0.25) is 4.79 Å². The molecule has 23 heavy (non-hydrogen) atoms. The quantitative estimate of drug-likeness (QED) is 0.642. The molecule has 6 heteroatoms. The van der Waals surface area contributed by atoms with Gasteiger partial charge in [0, 0.05) is 6.54 Å². The van der Waals surface area contributed by atoms with E-state index in [4.69, 9.17) is 4.74 Å². The molecule has 0 aromatic carbocycles. The summed E-state index contributed by atoms with van der Waals surface area (Å²) in [4.78, 5) is 27.5. The molecular weight excluding hydrogens is 296 g/mol. The van der Waals surface area contributed by atoms with E-state index in [9.17, 15) is 9.59 Å². The van der Waals surface area contributed by atoms with Crippen LogP contribution in [0.15, 0.2) is 18.2 Å². The summed E-state index contributed by atoms with van der Waals surface area (Å²) in [5.74, 6) is -0.303. The van der Waals surface area contributed by atoms with Crippen LogP contribution >= 0.6 is 0 Å². The molecule has 0 bridgehead atoms. The second-order valence-electron chi connectivity index (χ2n) is 5.83. The van der Waals surface area contributed by atoms with Crippen molar-refractivity contribution >= 4 is 11.9 Å². The van der Waals surface area contributed by atoms with Gasteiger partial charge in [-0.25, -0.2) is 9.78 Å². The smallest absolute Gasteiger partial charge is 0.356 e. The SMILES string of the molecule is COC(=O)c1cccc(C(=O)NCCO[C@H]2CCCC[C@H]2C)n1. The van der Waals surface area contributed by atoms with Gasteiger partial charge in [-0.05, 0) is 30.9 Å². The lowest BCUT2D eigenvalue weighted by Gasteiger charge is -2.28. The van der Waals surface area contributed by atoms with Crippen LogP contribution in [0.3, 0.4) is 0 Å². The van der Waals surface area contributed by atoms with Crippen molar-refractivity contribution in [3.63, 3.8) is 0 Å². The van der Waals surface area contributed by atoms with Gasteiger partial charge in [0.15, 0.2) is 0 Å². The highest BCUT2D eigenvalue weighted by atomic mass is 16.5. The van der Waals surface area contributed by atoms with Crippen molar-refractivity contribution < 1.29 is 19.1 Å². The molecule has 6 nitrogen and oxygen atoms in total. The number of carbonyl (C=O) groups excluding carboxylic acids is 2. The predicted octanol–water partition coefficient (Wildman–Crippen LogP) is 2.19. The Labute approximate surface area is 136 Å². The number of esters is 1. The number of methoxy groups -OCH3 is 1. The van der Waals surface area contributed by atoms with E-state index in [0.29, 0.717) is 25.2 Å². The van der Waals surface area contributed by atoms with E-state index in [2.05, 4.69) is 22.0 Å². The maximum Gasteiger partial charge on any atom is 0.356 e. The third-order valence-electron chi connectivity index (χ3n) is 4.13. The number of ether oxygens (including phenoxy) is 2. The lowest BCUT2D eigenvalue weighted by atomic mass is 9.88. The first-order valence-electron chi connectivity index (χ1n) is 8.07. The highest BCUT2D eigenvalue weighted by Gasteiger charge is 2.21. The topological polar surface area (TPSA) is 77.5 Å². The van der Waals surface area contributed by atoms with Crippen LogP contribution in [0.4, 0.5) is 0 Å². The molecule has 1 saturated carbocycles. The first-order chi connectivity index (χ1) is 11.1. The number of hydrogen-bond acceptors (Lipinski definition) is 5. The lowest BCUT2D eigenvalue weighted by Crippen LogP contribution is -2.32. The van der Waals surface area contributed by atoms with E-state index < -0.39 is 5.97 Å². The van der Waals surface area contributed by atoms with Gasteiger partial charge in [-0.15, -0.1) is 0 Å². The zero-order valence-corrected chi connectivity index (χ0v) is 13.7. The van der Waals surface area contributed by atoms with Gasteiger partial charge in [-0.2, -0.15) is 0 Å². The van der Waals surface area contributed by atoms with Crippen LogP contribution in [0.5, 0.6) is 0 Å². The fourth-order valence-corrected chi connectivity index (χ4v) is 2.77. The zero-order valence-electron chi connectivity index (χ0n) is 13.7. The Bertz CT molecular complexity index is 547. The summed E-state index contributed by atoms with van der Waals surface area (Å²) in [5, 5.41) is 2.76. The van der Waals surface area contributed by atoms with Crippen molar-refractivity contribution in [2.75, 3.05) is 20.3 Å². The molecule has 0 saturated heterocycles. The number of pyridine rings is 1. The lowest BCUT2D eigenvalue weighted by molar-refractivity contribution is -0.00295.